The third kappa shape index (κ3) is 11.3. The minimum atomic E-state index is 0.357. The van der Waals surface area contributed by atoms with E-state index in [1.807, 2.05) is 37.3 Å². The van der Waals surface area contributed by atoms with Crippen LogP contribution in [0.2, 0.25) is 0 Å². The maximum Gasteiger partial charge on any atom is 0.137 e. The zero-order valence-electron chi connectivity index (χ0n) is 15.0. The van der Waals surface area contributed by atoms with E-state index in [2.05, 4.69) is 11.9 Å². The molecule has 0 amide bonds. The van der Waals surface area contributed by atoms with Crippen molar-refractivity contribution in [2.24, 2.45) is 4.99 Å². The average Bonchev–Trinajstić information content (AvgIpc) is 2.62. The van der Waals surface area contributed by atoms with Crippen molar-refractivity contribution >= 4 is 5.71 Å². The van der Waals surface area contributed by atoms with E-state index in [9.17, 15) is 0 Å². The SMILES string of the molecule is CCCCOCCOCCOCCOCN=C(C)c1ccccc1. The van der Waals surface area contributed by atoms with Gasteiger partial charge in [0.05, 0.1) is 39.6 Å². The Kier molecular flexibility index (Phi) is 13.2. The fourth-order valence-electron chi connectivity index (χ4n) is 1.88. The monoisotopic (exact) mass is 337 g/mol. The van der Waals surface area contributed by atoms with Gasteiger partial charge in [0.25, 0.3) is 0 Å². The van der Waals surface area contributed by atoms with Crippen LogP contribution >= 0.6 is 0 Å². The van der Waals surface area contributed by atoms with Crippen LogP contribution in [0.15, 0.2) is 35.3 Å². The Labute approximate surface area is 146 Å². The number of unbranched alkanes of at least 4 members (excludes halogenated alkanes) is 1. The van der Waals surface area contributed by atoms with Gasteiger partial charge in [0.1, 0.15) is 6.73 Å². The molecule has 5 heteroatoms. The number of hydrogen-bond donors (Lipinski definition) is 0. The second kappa shape index (κ2) is 15.3. The summed E-state index contributed by atoms with van der Waals surface area (Å²) < 4.78 is 21.7. The first-order valence-corrected chi connectivity index (χ1v) is 8.72. The second-order valence-corrected chi connectivity index (χ2v) is 5.34. The number of aliphatic imine (C=N–C) groups is 1. The molecule has 0 saturated heterocycles. The molecule has 136 valence electrons. The number of rotatable bonds is 15. The number of ether oxygens (including phenoxy) is 4. The predicted molar refractivity (Wildman–Crippen MR) is 96.8 cm³/mol. The molecule has 0 aliphatic rings. The Hall–Kier alpha value is -1.27. The van der Waals surface area contributed by atoms with Crippen LogP contribution in [0.5, 0.6) is 0 Å². The Bertz CT molecular complexity index is 423. The van der Waals surface area contributed by atoms with Gasteiger partial charge in [-0.15, -0.1) is 0 Å². The van der Waals surface area contributed by atoms with Gasteiger partial charge in [0, 0.05) is 12.3 Å². The van der Waals surface area contributed by atoms with Crippen molar-refractivity contribution in [2.75, 3.05) is 53.0 Å². The van der Waals surface area contributed by atoms with Gasteiger partial charge < -0.3 is 18.9 Å². The van der Waals surface area contributed by atoms with Gasteiger partial charge in [-0.1, -0.05) is 43.7 Å². The molecule has 0 fully saturated rings. The molecule has 1 rings (SSSR count). The first-order chi connectivity index (χ1) is 11.8. The van der Waals surface area contributed by atoms with Crippen LogP contribution in [0.4, 0.5) is 0 Å². The largest absolute Gasteiger partial charge is 0.379 e. The molecule has 0 unspecified atom stereocenters. The van der Waals surface area contributed by atoms with Crippen molar-refractivity contribution in [3.63, 3.8) is 0 Å². The third-order valence-electron chi connectivity index (χ3n) is 3.34. The van der Waals surface area contributed by atoms with Gasteiger partial charge in [0.2, 0.25) is 0 Å². The topological polar surface area (TPSA) is 49.3 Å². The van der Waals surface area contributed by atoms with Gasteiger partial charge in [-0.3, -0.25) is 4.99 Å². The Morgan fingerprint density at radius 1 is 0.792 bits per heavy atom. The molecule has 0 heterocycles. The van der Waals surface area contributed by atoms with Crippen LogP contribution in [0, 0.1) is 0 Å². The number of hydrogen-bond acceptors (Lipinski definition) is 5. The summed E-state index contributed by atoms with van der Waals surface area (Å²) in [6.07, 6.45) is 2.27. The van der Waals surface area contributed by atoms with E-state index < -0.39 is 0 Å². The van der Waals surface area contributed by atoms with Crippen molar-refractivity contribution < 1.29 is 18.9 Å². The van der Waals surface area contributed by atoms with Crippen molar-refractivity contribution in [1.82, 2.24) is 0 Å². The summed E-state index contributed by atoms with van der Waals surface area (Å²) in [4.78, 5) is 4.38. The molecule has 5 nitrogen and oxygen atoms in total. The lowest BCUT2D eigenvalue weighted by Gasteiger charge is -2.07. The Morgan fingerprint density at radius 3 is 1.92 bits per heavy atom. The van der Waals surface area contributed by atoms with Gasteiger partial charge >= 0.3 is 0 Å². The average molecular weight is 337 g/mol. The fraction of sp³-hybridized carbons (Fsp3) is 0.632. The molecule has 0 spiro atoms. The smallest absolute Gasteiger partial charge is 0.137 e. The van der Waals surface area contributed by atoms with E-state index >= 15 is 0 Å². The molecule has 24 heavy (non-hydrogen) atoms. The van der Waals surface area contributed by atoms with E-state index in [1.165, 1.54) is 0 Å². The lowest BCUT2D eigenvalue weighted by molar-refractivity contribution is -0.00124. The summed E-state index contributed by atoms with van der Waals surface area (Å²) in [5, 5.41) is 0. The van der Waals surface area contributed by atoms with Crippen LogP contribution in [0.25, 0.3) is 0 Å². The van der Waals surface area contributed by atoms with Crippen molar-refractivity contribution in [2.45, 2.75) is 26.7 Å². The van der Waals surface area contributed by atoms with E-state index in [0.717, 1.165) is 30.7 Å². The molecule has 0 atom stereocenters. The molecule has 0 radical (unpaired) electrons. The summed E-state index contributed by atoms with van der Waals surface area (Å²) in [6, 6.07) is 10.1. The zero-order valence-corrected chi connectivity index (χ0v) is 15.0. The predicted octanol–water partition coefficient (Wildman–Crippen LogP) is 3.32. The number of benzene rings is 1. The summed E-state index contributed by atoms with van der Waals surface area (Å²) >= 11 is 0. The minimum Gasteiger partial charge on any atom is -0.379 e. The molecule has 0 saturated carbocycles. The summed E-state index contributed by atoms with van der Waals surface area (Å²) in [6.45, 7) is 8.83. The summed E-state index contributed by atoms with van der Waals surface area (Å²) in [5.41, 5.74) is 2.10. The molecule has 0 aromatic heterocycles. The highest BCUT2D eigenvalue weighted by Crippen LogP contribution is 2.00. The van der Waals surface area contributed by atoms with E-state index in [-0.39, 0.29) is 0 Å². The maximum atomic E-state index is 5.44. The molecule has 0 aliphatic carbocycles. The number of nitrogens with zero attached hydrogens (tertiary/aromatic N) is 1. The minimum absolute atomic E-state index is 0.357. The lowest BCUT2D eigenvalue weighted by atomic mass is 10.1. The fourth-order valence-corrected chi connectivity index (χ4v) is 1.88. The molecule has 1 aromatic carbocycles. The quantitative estimate of drug-likeness (QED) is 0.364. The van der Waals surface area contributed by atoms with E-state index in [1.54, 1.807) is 0 Å². The Balaban J connectivity index is 1.85. The molecule has 0 N–H and O–H groups in total. The van der Waals surface area contributed by atoms with Crippen molar-refractivity contribution in [3.8, 4) is 0 Å². The van der Waals surface area contributed by atoms with Crippen LogP contribution in [-0.2, 0) is 18.9 Å². The van der Waals surface area contributed by atoms with Crippen molar-refractivity contribution in [1.29, 1.82) is 0 Å². The molecule has 0 aliphatic heterocycles. The third-order valence-corrected chi connectivity index (χ3v) is 3.34. The normalized spacial score (nSPS) is 11.8. The summed E-state index contributed by atoms with van der Waals surface area (Å²) in [5.74, 6) is 0. The van der Waals surface area contributed by atoms with Crippen LogP contribution in [-0.4, -0.2) is 58.7 Å². The lowest BCUT2D eigenvalue weighted by Crippen LogP contribution is -2.12. The first kappa shape index (κ1) is 20.8. The summed E-state index contributed by atoms with van der Waals surface area (Å²) in [7, 11) is 0. The highest BCUT2D eigenvalue weighted by atomic mass is 16.6. The van der Waals surface area contributed by atoms with E-state index in [0.29, 0.717) is 46.4 Å². The highest BCUT2D eigenvalue weighted by Gasteiger charge is 1.95. The van der Waals surface area contributed by atoms with E-state index in [4.69, 9.17) is 18.9 Å². The second-order valence-electron chi connectivity index (χ2n) is 5.34. The first-order valence-electron chi connectivity index (χ1n) is 8.72. The van der Waals surface area contributed by atoms with Gasteiger partial charge in [-0.05, 0) is 18.9 Å². The molecular formula is C19H31NO4. The molecule has 1 aromatic rings. The van der Waals surface area contributed by atoms with Crippen LogP contribution in [0.1, 0.15) is 32.3 Å². The highest BCUT2D eigenvalue weighted by molar-refractivity contribution is 5.98. The Morgan fingerprint density at radius 2 is 1.33 bits per heavy atom. The zero-order chi connectivity index (χ0) is 17.3. The maximum absolute atomic E-state index is 5.44. The van der Waals surface area contributed by atoms with Gasteiger partial charge in [0.15, 0.2) is 0 Å². The molecular weight excluding hydrogens is 306 g/mol. The van der Waals surface area contributed by atoms with Gasteiger partial charge in [-0.25, -0.2) is 0 Å². The standard InChI is InChI=1S/C19H31NO4/c1-3-4-10-21-11-12-22-13-14-23-15-16-24-17-20-18(2)19-8-6-5-7-9-19/h5-9H,3-4,10-17H2,1-2H3. The molecule has 0 bridgehead atoms. The van der Waals surface area contributed by atoms with Gasteiger partial charge in [-0.2, -0.15) is 0 Å². The van der Waals surface area contributed by atoms with Crippen LogP contribution in [0.3, 0.4) is 0 Å². The van der Waals surface area contributed by atoms with Crippen LogP contribution < -0.4 is 0 Å². The van der Waals surface area contributed by atoms with Crippen molar-refractivity contribution in [3.05, 3.63) is 35.9 Å².